The van der Waals surface area contributed by atoms with Gasteiger partial charge >= 0.3 is 6.03 Å². The first kappa shape index (κ1) is 17.6. The molecule has 1 fully saturated rings. The first-order valence-electron chi connectivity index (χ1n) is 7.78. The van der Waals surface area contributed by atoms with Gasteiger partial charge in [-0.1, -0.05) is 23.7 Å². The Hall–Kier alpha value is -3.17. The van der Waals surface area contributed by atoms with E-state index in [4.69, 9.17) is 16.9 Å². The Morgan fingerprint density at radius 3 is 2.35 bits per heavy atom. The van der Waals surface area contributed by atoms with Crippen molar-refractivity contribution in [2.75, 3.05) is 6.54 Å². The van der Waals surface area contributed by atoms with Crippen LogP contribution in [0.3, 0.4) is 0 Å². The highest BCUT2D eigenvalue weighted by atomic mass is 35.5. The van der Waals surface area contributed by atoms with Crippen LogP contribution in [0.2, 0.25) is 5.02 Å². The van der Waals surface area contributed by atoms with Gasteiger partial charge in [0.25, 0.3) is 5.91 Å². The summed E-state index contributed by atoms with van der Waals surface area (Å²) in [7, 11) is 0. The van der Waals surface area contributed by atoms with Crippen molar-refractivity contribution >= 4 is 29.3 Å². The van der Waals surface area contributed by atoms with E-state index in [2.05, 4.69) is 5.32 Å². The van der Waals surface area contributed by atoms with E-state index < -0.39 is 17.5 Å². The standard InChI is InChI=1S/C19H14ClN3O3/c1-19(14-6-2-12(10-21)3-7-14)17(25)23(18(26)22-19)11-16(24)13-4-8-15(20)9-5-13/h2-9H,11H2,1H3,(H,22,26). The van der Waals surface area contributed by atoms with Crippen LogP contribution in [-0.4, -0.2) is 29.2 Å². The predicted octanol–water partition coefficient (Wildman–Crippen LogP) is 2.86. The monoisotopic (exact) mass is 367 g/mol. The van der Waals surface area contributed by atoms with E-state index in [1.54, 1.807) is 55.5 Å². The predicted molar refractivity (Wildman–Crippen MR) is 94.5 cm³/mol. The minimum atomic E-state index is -1.29. The van der Waals surface area contributed by atoms with Gasteiger partial charge in [0.2, 0.25) is 0 Å². The normalized spacial score (nSPS) is 19.2. The molecule has 0 saturated carbocycles. The lowest BCUT2D eigenvalue weighted by atomic mass is 9.91. The maximum atomic E-state index is 12.8. The molecule has 1 N–H and O–H groups in total. The summed E-state index contributed by atoms with van der Waals surface area (Å²) in [6.07, 6.45) is 0. The average molecular weight is 368 g/mol. The van der Waals surface area contributed by atoms with Crippen molar-refractivity contribution in [3.63, 3.8) is 0 Å². The van der Waals surface area contributed by atoms with Crippen LogP contribution in [0.4, 0.5) is 4.79 Å². The van der Waals surface area contributed by atoms with Crippen molar-refractivity contribution < 1.29 is 14.4 Å². The number of hydrogen-bond donors (Lipinski definition) is 1. The lowest BCUT2D eigenvalue weighted by Crippen LogP contribution is -2.41. The van der Waals surface area contributed by atoms with E-state index in [9.17, 15) is 14.4 Å². The molecule has 130 valence electrons. The highest BCUT2D eigenvalue weighted by molar-refractivity contribution is 6.30. The number of halogens is 1. The minimum absolute atomic E-state index is 0.363. The van der Waals surface area contributed by atoms with Crippen molar-refractivity contribution in [1.29, 1.82) is 5.26 Å². The molecule has 2 aromatic carbocycles. The van der Waals surface area contributed by atoms with Crippen molar-refractivity contribution in [3.8, 4) is 6.07 Å². The second-order valence-corrected chi connectivity index (χ2v) is 6.50. The molecule has 1 heterocycles. The van der Waals surface area contributed by atoms with Crippen molar-refractivity contribution in [2.24, 2.45) is 0 Å². The van der Waals surface area contributed by atoms with Crippen LogP contribution < -0.4 is 5.32 Å². The largest absolute Gasteiger partial charge is 0.325 e. The maximum absolute atomic E-state index is 12.8. The summed E-state index contributed by atoms with van der Waals surface area (Å²) in [5, 5.41) is 12.0. The lowest BCUT2D eigenvalue weighted by molar-refractivity contribution is -0.130. The van der Waals surface area contributed by atoms with Gasteiger partial charge in [-0.2, -0.15) is 5.26 Å². The lowest BCUT2D eigenvalue weighted by Gasteiger charge is -2.22. The molecule has 0 radical (unpaired) electrons. The number of Topliss-reactive ketones (excluding diaryl/α,β-unsaturated/α-hetero) is 1. The number of carbonyl (C=O) groups excluding carboxylic acids is 3. The molecule has 1 aliphatic heterocycles. The number of nitrogens with zero attached hydrogens (tertiary/aromatic N) is 2. The third kappa shape index (κ3) is 3.05. The first-order valence-corrected chi connectivity index (χ1v) is 8.16. The first-order chi connectivity index (χ1) is 12.3. The number of urea groups is 1. The maximum Gasteiger partial charge on any atom is 0.325 e. The molecule has 0 aliphatic carbocycles. The summed E-state index contributed by atoms with van der Waals surface area (Å²) >= 11 is 5.80. The van der Waals surface area contributed by atoms with Crippen molar-refractivity contribution in [3.05, 3.63) is 70.2 Å². The molecule has 2 aromatic rings. The number of amides is 3. The number of imide groups is 1. The Labute approximate surface area is 155 Å². The fraction of sp³-hybridized carbons (Fsp3) is 0.158. The number of carbonyl (C=O) groups is 3. The van der Waals surface area contributed by atoms with Crippen molar-refractivity contribution in [1.82, 2.24) is 10.2 Å². The number of hydrogen-bond acceptors (Lipinski definition) is 4. The highest BCUT2D eigenvalue weighted by Gasteiger charge is 2.49. The molecule has 0 bridgehead atoms. The molecule has 1 aliphatic rings. The summed E-state index contributed by atoms with van der Waals surface area (Å²) in [5.41, 5.74) is 0.0629. The molecular formula is C19H14ClN3O3. The van der Waals surface area contributed by atoms with Gasteiger partial charge in [0.05, 0.1) is 18.2 Å². The fourth-order valence-electron chi connectivity index (χ4n) is 2.78. The second kappa shape index (κ2) is 6.62. The van der Waals surface area contributed by atoms with E-state index in [-0.39, 0.29) is 12.3 Å². The van der Waals surface area contributed by atoms with Gasteiger partial charge in [-0.25, -0.2) is 4.79 Å². The highest BCUT2D eigenvalue weighted by Crippen LogP contribution is 2.29. The van der Waals surface area contributed by atoms with Crippen molar-refractivity contribution in [2.45, 2.75) is 12.5 Å². The van der Waals surface area contributed by atoms with Crippen LogP contribution in [0.1, 0.15) is 28.4 Å². The van der Waals surface area contributed by atoms with Crippen LogP contribution in [0, 0.1) is 11.3 Å². The Morgan fingerprint density at radius 1 is 1.15 bits per heavy atom. The Bertz CT molecular complexity index is 932. The van der Waals surface area contributed by atoms with Crippen LogP contribution in [0.15, 0.2) is 48.5 Å². The Morgan fingerprint density at radius 2 is 1.77 bits per heavy atom. The number of nitrogens with one attached hydrogen (secondary N) is 1. The van der Waals surface area contributed by atoms with Gasteiger partial charge in [-0.05, 0) is 48.9 Å². The molecule has 1 saturated heterocycles. The van der Waals surface area contributed by atoms with Gasteiger partial charge in [0, 0.05) is 10.6 Å². The van der Waals surface area contributed by atoms with Crippen LogP contribution in [-0.2, 0) is 10.3 Å². The molecule has 0 aromatic heterocycles. The molecule has 1 atom stereocenters. The van der Waals surface area contributed by atoms with Gasteiger partial charge in [-0.3, -0.25) is 14.5 Å². The zero-order chi connectivity index (χ0) is 18.9. The quantitative estimate of drug-likeness (QED) is 0.664. The second-order valence-electron chi connectivity index (χ2n) is 6.07. The summed E-state index contributed by atoms with van der Waals surface area (Å²) in [6, 6.07) is 14.0. The topological polar surface area (TPSA) is 90.3 Å². The number of ketones is 1. The fourth-order valence-corrected chi connectivity index (χ4v) is 2.91. The summed E-state index contributed by atoms with van der Waals surface area (Å²) < 4.78 is 0. The van der Waals surface area contributed by atoms with Crippen LogP contribution in [0.5, 0.6) is 0 Å². The van der Waals surface area contributed by atoms with Gasteiger partial charge in [0.1, 0.15) is 5.54 Å². The molecule has 26 heavy (non-hydrogen) atoms. The van der Waals surface area contributed by atoms with Gasteiger partial charge in [0.15, 0.2) is 5.78 Å². The molecule has 0 spiro atoms. The molecule has 3 amide bonds. The number of rotatable bonds is 4. The van der Waals surface area contributed by atoms with Crippen LogP contribution >= 0.6 is 11.6 Å². The third-order valence-electron chi connectivity index (χ3n) is 4.33. The Kier molecular flexibility index (Phi) is 4.49. The summed E-state index contributed by atoms with van der Waals surface area (Å²) in [4.78, 5) is 38.4. The molecule has 1 unspecified atom stereocenters. The summed E-state index contributed by atoms with van der Waals surface area (Å²) in [6.45, 7) is 1.21. The number of benzene rings is 2. The van der Waals surface area contributed by atoms with E-state index in [0.717, 1.165) is 4.90 Å². The zero-order valence-electron chi connectivity index (χ0n) is 13.8. The smallest absolute Gasteiger partial charge is 0.319 e. The average Bonchev–Trinajstić information content (AvgIpc) is 2.86. The van der Waals surface area contributed by atoms with Crippen LogP contribution in [0.25, 0.3) is 0 Å². The summed E-state index contributed by atoms with van der Waals surface area (Å²) in [5.74, 6) is -0.885. The molecular weight excluding hydrogens is 354 g/mol. The minimum Gasteiger partial charge on any atom is -0.319 e. The van der Waals surface area contributed by atoms with E-state index in [1.807, 2.05) is 6.07 Å². The van der Waals surface area contributed by atoms with E-state index >= 15 is 0 Å². The third-order valence-corrected chi connectivity index (χ3v) is 4.59. The van der Waals surface area contributed by atoms with Gasteiger partial charge < -0.3 is 5.32 Å². The van der Waals surface area contributed by atoms with E-state index in [0.29, 0.717) is 21.7 Å². The van der Waals surface area contributed by atoms with E-state index in [1.165, 1.54) is 0 Å². The zero-order valence-corrected chi connectivity index (χ0v) is 14.6. The molecule has 6 nitrogen and oxygen atoms in total. The Balaban J connectivity index is 1.83. The number of nitriles is 1. The molecule has 3 rings (SSSR count). The molecule has 7 heteroatoms. The van der Waals surface area contributed by atoms with Gasteiger partial charge in [-0.15, -0.1) is 0 Å². The SMILES string of the molecule is CC1(c2ccc(C#N)cc2)NC(=O)N(CC(=O)c2ccc(Cl)cc2)C1=O.